The van der Waals surface area contributed by atoms with Gasteiger partial charge in [0, 0.05) is 17.9 Å². The second-order valence-corrected chi connectivity index (χ2v) is 8.99. The molecule has 0 aromatic rings. The summed E-state index contributed by atoms with van der Waals surface area (Å²) in [4.78, 5) is 11.2. The summed E-state index contributed by atoms with van der Waals surface area (Å²) in [6.07, 6.45) is 14.9. The van der Waals surface area contributed by atoms with Crippen LogP contribution in [0.25, 0.3) is 0 Å². The van der Waals surface area contributed by atoms with Gasteiger partial charge in [0.2, 0.25) is 0 Å². The van der Waals surface area contributed by atoms with E-state index in [2.05, 4.69) is 42.6 Å². The van der Waals surface area contributed by atoms with Crippen molar-refractivity contribution < 1.29 is 9.53 Å². The van der Waals surface area contributed by atoms with Crippen LogP contribution < -0.4 is 0 Å². The van der Waals surface area contributed by atoms with Crippen LogP contribution in [0.15, 0.2) is 12.2 Å². The number of unbranched alkanes of at least 4 members (excludes halogenated alkanes) is 3. The van der Waals surface area contributed by atoms with Gasteiger partial charge in [-0.2, -0.15) is 0 Å². The Hall–Kier alpha value is -0.0900. The maximum absolute atomic E-state index is 11.2. The van der Waals surface area contributed by atoms with Gasteiger partial charge in [-0.25, -0.2) is 0 Å². The summed E-state index contributed by atoms with van der Waals surface area (Å²) in [6.45, 7) is 4.61. The minimum absolute atomic E-state index is 0.0820. The number of carbonyl (C=O) groups excluding carboxylic acids is 1. The molecule has 128 valence electrons. The summed E-state index contributed by atoms with van der Waals surface area (Å²) in [6, 6.07) is 0. The lowest BCUT2D eigenvalue weighted by atomic mass is 10.1. The van der Waals surface area contributed by atoms with Gasteiger partial charge in [-0.1, -0.05) is 44.8 Å². The molecule has 0 N–H and O–H groups in total. The van der Waals surface area contributed by atoms with Crippen molar-refractivity contribution in [1.29, 1.82) is 0 Å². The predicted octanol–water partition coefficient (Wildman–Crippen LogP) is 5.81. The molecule has 0 saturated carbocycles. The third kappa shape index (κ3) is 8.52. The average Bonchev–Trinajstić information content (AvgIpc) is 2.97. The first kappa shape index (κ1) is 20.0. The van der Waals surface area contributed by atoms with Gasteiger partial charge in [-0.05, 0) is 32.6 Å². The fourth-order valence-electron chi connectivity index (χ4n) is 2.71. The van der Waals surface area contributed by atoms with E-state index in [1.165, 1.54) is 50.0 Å². The van der Waals surface area contributed by atoms with Gasteiger partial charge in [0.15, 0.2) is 0 Å². The molecule has 1 rings (SSSR count). The first-order valence-electron chi connectivity index (χ1n) is 8.81. The number of carbonyl (C=O) groups is 1. The minimum Gasteiger partial charge on any atom is -0.466 e. The third-order valence-electron chi connectivity index (χ3n) is 3.90. The van der Waals surface area contributed by atoms with E-state index in [4.69, 9.17) is 4.74 Å². The molecule has 1 aliphatic rings. The molecular weight excluding hydrogens is 312 g/mol. The lowest BCUT2D eigenvalue weighted by Gasteiger charge is -2.27. The largest absolute Gasteiger partial charge is 0.466 e. The number of rotatable bonds is 12. The van der Waals surface area contributed by atoms with Crippen LogP contribution in [0.4, 0.5) is 0 Å². The Bertz CT molecular complexity index is 323. The molecule has 1 fully saturated rings. The van der Waals surface area contributed by atoms with Crippen molar-refractivity contribution in [3.05, 3.63) is 12.2 Å². The van der Waals surface area contributed by atoms with Crippen LogP contribution in [0.3, 0.4) is 0 Å². The first-order valence-corrected chi connectivity index (χ1v) is 10.8. The van der Waals surface area contributed by atoms with E-state index in [1.54, 1.807) is 0 Å². The Morgan fingerprint density at radius 3 is 2.45 bits per heavy atom. The molecular formula is C18H32O2S2. The zero-order valence-corrected chi connectivity index (χ0v) is 15.9. The molecule has 0 aromatic heterocycles. The average molecular weight is 345 g/mol. The molecule has 1 heterocycles. The van der Waals surface area contributed by atoms with E-state index in [0.29, 0.717) is 17.1 Å². The normalized spacial score (nSPS) is 17.2. The molecule has 0 atom stereocenters. The van der Waals surface area contributed by atoms with Crippen molar-refractivity contribution in [3.8, 4) is 0 Å². The summed E-state index contributed by atoms with van der Waals surface area (Å²) in [5.74, 6) is 2.54. The van der Waals surface area contributed by atoms with Crippen molar-refractivity contribution in [1.82, 2.24) is 0 Å². The molecule has 22 heavy (non-hydrogen) atoms. The van der Waals surface area contributed by atoms with Gasteiger partial charge in [-0.15, -0.1) is 23.5 Å². The quantitative estimate of drug-likeness (QED) is 0.253. The van der Waals surface area contributed by atoms with Gasteiger partial charge in [0.1, 0.15) is 0 Å². The summed E-state index contributed by atoms with van der Waals surface area (Å²) < 4.78 is 5.40. The summed E-state index contributed by atoms with van der Waals surface area (Å²) in [7, 11) is 0. The molecule has 1 saturated heterocycles. The van der Waals surface area contributed by atoms with Crippen molar-refractivity contribution in [2.75, 3.05) is 18.1 Å². The molecule has 1 aliphatic heterocycles. The van der Waals surface area contributed by atoms with Crippen molar-refractivity contribution in [3.63, 3.8) is 0 Å². The fourth-order valence-corrected chi connectivity index (χ4v) is 6.05. The molecule has 0 amide bonds. The molecule has 2 nitrogen and oxygen atoms in total. The van der Waals surface area contributed by atoms with Crippen LogP contribution in [0.5, 0.6) is 0 Å². The van der Waals surface area contributed by atoms with Gasteiger partial charge in [0.25, 0.3) is 0 Å². The highest BCUT2D eigenvalue weighted by Gasteiger charge is 2.33. The van der Waals surface area contributed by atoms with Crippen molar-refractivity contribution in [2.24, 2.45) is 0 Å². The highest BCUT2D eigenvalue weighted by molar-refractivity contribution is 8.21. The van der Waals surface area contributed by atoms with E-state index >= 15 is 0 Å². The van der Waals surface area contributed by atoms with Crippen LogP contribution in [-0.4, -0.2) is 28.2 Å². The summed E-state index contributed by atoms with van der Waals surface area (Å²) in [5.41, 5.74) is 0. The van der Waals surface area contributed by atoms with Gasteiger partial charge >= 0.3 is 5.97 Å². The maximum Gasteiger partial charge on any atom is 0.306 e. The van der Waals surface area contributed by atoms with Crippen LogP contribution in [0, 0.1) is 0 Å². The monoisotopic (exact) mass is 344 g/mol. The highest BCUT2D eigenvalue weighted by Crippen LogP contribution is 2.50. The van der Waals surface area contributed by atoms with Gasteiger partial charge in [0.05, 0.1) is 10.7 Å². The maximum atomic E-state index is 11.2. The molecule has 0 radical (unpaired) electrons. The van der Waals surface area contributed by atoms with Crippen molar-refractivity contribution >= 4 is 29.5 Å². The molecule has 0 bridgehead atoms. The Balaban J connectivity index is 2.19. The lowest BCUT2D eigenvalue weighted by molar-refractivity contribution is -0.142. The number of thioether (sulfide) groups is 2. The van der Waals surface area contributed by atoms with Crippen LogP contribution in [0.1, 0.15) is 71.6 Å². The Labute approximate surface area is 145 Å². The number of allylic oxidation sites excluding steroid dienone is 2. The minimum atomic E-state index is -0.0820. The second kappa shape index (κ2) is 12.3. The molecule has 0 spiro atoms. The molecule has 0 unspecified atom stereocenters. The van der Waals surface area contributed by atoms with E-state index in [0.717, 1.165) is 12.8 Å². The first-order chi connectivity index (χ1) is 10.7. The van der Waals surface area contributed by atoms with Gasteiger partial charge in [-0.3, -0.25) is 4.79 Å². The lowest BCUT2D eigenvalue weighted by Crippen LogP contribution is -2.16. The SMILES string of the molecule is CCCCCCC1(CC/C=C/CCC(=O)OCC)SCCS1. The third-order valence-corrected chi connectivity index (χ3v) is 7.55. The van der Waals surface area contributed by atoms with Crippen LogP contribution in [-0.2, 0) is 9.53 Å². The number of ether oxygens (including phenoxy) is 1. The second-order valence-electron chi connectivity index (χ2n) is 5.77. The van der Waals surface area contributed by atoms with Crippen molar-refractivity contribution in [2.45, 2.75) is 75.7 Å². The number of esters is 1. The molecule has 4 heteroatoms. The predicted molar refractivity (Wildman–Crippen MR) is 101 cm³/mol. The van der Waals surface area contributed by atoms with E-state index in [9.17, 15) is 4.79 Å². The molecule has 0 aromatic carbocycles. The molecule has 0 aliphatic carbocycles. The van der Waals surface area contributed by atoms with E-state index in [1.807, 2.05) is 6.92 Å². The zero-order valence-electron chi connectivity index (χ0n) is 14.3. The van der Waals surface area contributed by atoms with E-state index < -0.39 is 0 Å². The topological polar surface area (TPSA) is 26.3 Å². The summed E-state index contributed by atoms with van der Waals surface area (Å²) >= 11 is 4.36. The Kier molecular flexibility index (Phi) is 11.2. The number of hydrogen-bond donors (Lipinski definition) is 0. The summed E-state index contributed by atoms with van der Waals surface area (Å²) in [5, 5.41) is 0. The smallest absolute Gasteiger partial charge is 0.306 e. The van der Waals surface area contributed by atoms with Crippen LogP contribution >= 0.6 is 23.5 Å². The Morgan fingerprint density at radius 2 is 1.77 bits per heavy atom. The standard InChI is InChI=1S/C18H32O2S2/c1-3-5-6-10-13-18(21-15-16-22-18)14-11-8-7-9-12-17(19)20-4-2/h7-8H,3-6,9-16H2,1-2H3/b8-7+. The Morgan fingerprint density at radius 1 is 1.05 bits per heavy atom. The van der Waals surface area contributed by atoms with Crippen LogP contribution in [0.2, 0.25) is 0 Å². The fraction of sp³-hybridized carbons (Fsp3) is 0.833. The zero-order chi connectivity index (χ0) is 16.1. The van der Waals surface area contributed by atoms with Gasteiger partial charge < -0.3 is 4.74 Å². The highest BCUT2D eigenvalue weighted by atomic mass is 32.2. The van der Waals surface area contributed by atoms with E-state index in [-0.39, 0.29) is 5.97 Å². The number of hydrogen-bond acceptors (Lipinski definition) is 4.